The van der Waals surface area contributed by atoms with Gasteiger partial charge < -0.3 is 0 Å². The summed E-state index contributed by atoms with van der Waals surface area (Å²) in [5.74, 6) is -0.428. The van der Waals surface area contributed by atoms with Gasteiger partial charge in [-0.3, -0.25) is 4.79 Å². The van der Waals surface area contributed by atoms with Gasteiger partial charge in [-0.15, -0.1) is 0 Å². The van der Waals surface area contributed by atoms with Crippen LogP contribution in [0.5, 0.6) is 0 Å². The molecule has 0 saturated carbocycles. The first-order valence-electron chi connectivity index (χ1n) is 2.70. The Balaban J connectivity index is 2.84. The number of carbonyl (C=O) groups is 1. The summed E-state index contributed by atoms with van der Waals surface area (Å²) in [7, 11) is 1.09. The molecule has 1 aliphatic rings. The minimum Gasteiger partial charge on any atom is -0.274 e. The van der Waals surface area contributed by atoms with Crippen molar-refractivity contribution in [2.45, 2.75) is 19.4 Å². The van der Waals surface area contributed by atoms with Gasteiger partial charge in [-0.1, -0.05) is 0 Å². The van der Waals surface area contributed by atoms with Crippen molar-refractivity contribution in [2.75, 3.05) is 0 Å². The molecule has 0 aliphatic carbocycles. The first kappa shape index (κ1) is 7.81. The molecule has 1 aliphatic heterocycles. The summed E-state index contributed by atoms with van der Waals surface area (Å²) >= 11 is 0. The number of β-lactam (4-membered cyclic amide) rings is 1. The molecule has 1 heterocycles. The normalized spacial score (nSPS) is 26.4. The lowest BCUT2D eigenvalue weighted by molar-refractivity contribution is -0.136. The number of amides is 1. The first-order chi connectivity index (χ1) is 4.43. The van der Waals surface area contributed by atoms with E-state index >= 15 is 0 Å². The average Bonchev–Trinajstić information content (AvgIpc) is 1.58. The van der Waals surface area contributed by atoms with Crippen LogP contribution in [0.1, 0.15) is 13.3 Å². The fraction of sp³-hybridized carbons (Fsp3) is 0.750. The molecule has 6 heteroatoms. The van der Waals surface area contributed by atoms with Crippen molar-refractivity contribution < 1.29 is 13.2 Å². The Morgan fingerprint density at radius 2 is 2.20 bits per heavy atom. The zero-order valence-electron chi connectivity index (χ0n) is 5.24. The molecule has 1 atom stereocenters. The number of carbonyl (C=O) groups excluding carboxylic acids is 1. The Morgan fingerprint density at radius 1 is 1.70 bits per heavy atom. The van der Waals surface area contributed by atoms with Crippen molar-refractivity contribution in [3.05, 3.63) is 0 Å². The zero-order chi connectivity index (χ0) is 7.94. The maximum atomic E-state index is 10.5. The first-order valence-corrected chi connectivity index (χ1v) is 4.96. The molecular weight excluding hydrogens is 178 g/mol. The van der Waals surface area contributed by atoms with Crippen molar-refractivity contribution in [3.8, 4) is 0 Å². The van der Waals surface area contributed by atoms with Gasteiger partial charge in [0, 0.05) is 17.1 Å². The lowest BCUT2D eigenvalue weighted by Gasteiger charge is -2.34. The summed E-state index contributed by atoms with van der Waals surface area (Å²) in [5.41, 5.74) is 0. The van der Waals surface area contributed by atoms with Gasteiger partial charge in [-0.2, -0.15) is 8.42 Å². The van der Waals surface area contributed by atoms with Gasteiger partial charge in [0.1, 0.15) is 0 Å². The summed E-state index contributed by atoms with van der Waals surface area (Å²) in [6.45, 7) is 1.63. The Kier molecular flexibility index (Phi) is 1.64. The van der Waals surface area contributed by atoms with Crippen molar-refractivity contribution in [3.63, 3.8) is 0 Å². The molecule has 1 saturated heterocycles. The maximum Gasteiger partial charge on any atom is 0.324 e. The van der Waals surface area contributed by atoms with Gasteiger partial charge in [0.2, 0.25) is 5.91 Å². The highest BCUT2D eigenvalue weighted by atomic mass is 35.7. The minimum atomic E-state index is -3.81. The molecule has 0 aromatic carbocycles. The van der Waals surface area contributed by atoms with Crippen LogP contribution in [0.2, 0.25) is 0 Å². The van der Waals surface area contributed by atoms with Gasteiger partial charge in [-0.05, 0) is 6.92 Å². The lowest BCUT2D eigenvalue weighted by atomic mass is 10.1. The Labute approximate surface area is 63.3 Å². The van der Waals surface area contributed by atoms with Gasteiger partial charge in [0.25, 0.3) is 0 Å². The molecule has 1 amide bonds. The second-order valence-corrected chi connectivity index (χ2v) is 4.57. The molecule has 1 fully saturated rings. The van der Waals surface area contributed by atoms with Crippen molar-refractivity contribution in [2.24, 2.45) is 0 Å². The zero-order valence-corrected chi connectivity index (χ0v) is 6.82. The Bertz CT molecular complexity index is 260. The van der Waals surface area contributed by atoms with E-state index in [1.807, 2.05) is 0 Å². The van der Waals surface area contributed by atoms with E-state index in [0.717, 1.165) is 0 Å². The van der Waals surface area contributed by atoms with Gasteiger partial charge in [0.05, 0.1) is 6.04 Å². The van der Waals surface area contributed by atoms with Crippen LogP contribution in [-0.2, 0) is 14.0 Å². The topological polar surface area (TPSA) is 54.5 Å². The van der Waals surface area contributed by atoms with E-state index in [1.54, 1.807) is 6.92 Å². The van der Waals surface area contributed by atoms with Crippen molar-refractivity contribution >= 4 is 25.8 Å². The molecule has 1 unspecified atom stereocenters. The highest BCUT2D eigenvalue weighted by Gasteiger charge is 2.40. The van der Waals surface area contributed by atoms with Gasteiger partial charge >= 0.3 is 9.24 Å². The van der Waals surface area contributed by atoms with E-state index in [2.05, 4.69) is 0 Å². The fourth-order valence-corrected chi connectivity index (χ4v) is 2.36. The predicted molar refractivity (Wildman–Crippen MR) is 35.7 cm³/mol. The molecule has 4 nitrogen and oxygen atoms in total. The van der Waals surface area contributed by atoms with Crippen LogP contribution >= 0.6 is 10.7 Å². The largest absolute Gasteiger partial charge is 0.324 e. The van der Waals surface area contributed by atoms with E-state index < -0.39 is 15.1 Å². The molecular formula is C4H6ClNO3S. The molecule has 0 spiro atoms. The van der Waals surface area contributed by atoms with Crippen molar-refractivity contribution in [1.82, 2.24) is 4.31 Å². The standard InChI is InChI=1S/C4H6ClNO3S/c1-3-2-4(7)6(3)10(5,8)9/h3H,2H2,1H3. The summed E-state index contributed by atoms with van der Waals surface area (Å²) in [4.78, 5) is 10.5. The summed E-state index contributed by atoms with van der Waals surface area (Å²) < 4.78 is 21.7. The molecule has 1 rings (SSSR count). The minimum absolute atomic E-state index is 0.269. The molecule has 0 aromatic rings. The third-order valence-corrected chi connectivity index (χ3v) is 2.83. The molecule has 10 heavy (non-hydrogen) atoms. The van der Waals surface area contributed by atoms with Crippen LogP contribution in [0.4, 0.5) is 0 Å². The highest BCUT2D eigenvalue weighted by Crippen LogP contribution is 2.24. The molecule has 0 bridgehead atoms. The number of hydrogen-bond donors (Lipinski definition) is 0. The van der Waals surface area contributed by atoms with E-state index in [1.165, 1.54) is 0 Å². The van der Waals surface area contributed by atoms with Crippen molar-refractivity contribution in [1.29, 1.82) is 0 Å². The SMILES string of the molecule is CC1CC(=O)N1S(=O)(=O)Cl. The monoisotopic (exact) mass is 183 g/mol. The molecule has 0 radical (unpaired) electrons. The van der Waals surface area contributed by atoms with Gasteiger partial charge in [-0.25, -0.2) is 4.31 Å². The molecule has 0 N–H and O–H groups in total. The van der Waals surface area contributed by atoms with E-state index in [4.69, 9.17) is 10.7 Å². The second-order valence-electron chi connectivity index (χ2n) is 2.18. The fourth-order valence-electron chi connectivity index (χ4n) is 0.896. The smallest absolute Gasteiger partial charge is 0.274 e. The van der Waals surface area contributed by atoms with Crippen LogP contribution in [0.15, 0.2) is 0 Å². The van der Waals surface area contributed by atoms with E-state index in [0.29, 0.717) is 4.31 Å². The Hall–Kier alpha value is -0.290. The molecule has 0 aromatic heterocycles. The quantitative estimate of drug-likeness (QED) is 0.428. The van der Waals surface area contributed by atoms with Crippen LogP contribution in [0.3, 0.4) is 0 Å². The number of hydrogen-bond acceptors (Lipinski definition) is 3. The number of halogens is 1. The van der Waals surface area contributed by atoms with E-state index in [-0.39, 0.29) is 12.5 Å². The second kappa shape index (κ2) is 2.10. The van der Waals surface area contributed by atoms with Crippen LogP contribution < -0.4 is 0 Å². The third kappa shape index (κ3) is 1.11. The van der Waals surface area contributed by atoms with Gasteiger partial charge in [0.15, 0.2) is 0 Å². The van der Waals surface area contributed by atoms with Crippen LogP contribution in [-0.4, -0.2) is 24.7 Å². The average molecular weight is 184 g/mol. The van der Waals surface area contributed by atoms with E-state index in [9.17, 15) is 13.2 Å². The Morgan fingerprint density at radius 3 is 2.30 bits per heavy atom. The number of rotatable bonds is 1. The van der Waals surface area contributed by atoms with Crippen LogP contribution in [0.25, 0.3) is 0 Å². The number of nitrogens with zero attached hydrogens (tertiary/aromatic N) is 1. The van der Waals surface area contributed by atoms with Crippen LogP contribution in [0, 0.1) is 0 Å². The molecule has 58 valence electrons. The summed E-state index contributed by atoms with van der Waals surface area (Å²) in [6.07, 6.45) is 0.270. The lowest BCUT2D eigenvalue weighted by Crippen LogP contribution is -2.52. The third-order valence-electron chi connectivity index (χ3n) is 1.35. The predicted octanol–water partition coefficient (Wildman–Crippen LogP) is 0.0908. The maximum absolute atomic E-state index is 10.5. The summed E-state index contributed by atoms with van der Waals surface area (Å²) in [5, 5.41) is 0. The summed E-state index contributed by atoms with van der Waals surface area (Å²) in [6, 6.07) is -0.269. The highest BCUT2D eigenvalue weighted by molar-refractivity contribution is 8.12.